The van der Waals surface area contributed by atoms with E-state index in [9.17, 15) is 0 Å². The highest BCUT2D eigenvalue weighted by Crippen LogP contribution is 2.41. The Bertz CT molecular complexity index is 186. The topological polar surface area (TPSA) is 0 Å². The van der Waals surface area contributed by atoms with E-state index in [0.29, 0.717) is 0 Å². The van der Waals surface area contributed by atoms with Gasteiger partial charge in [0.15, 0.2) is 0 Å². The summed E-state index contributed by atoms with van der Waals surface area (Å²) in [6.07, 6.45) is 13.1. The summed E-state index contributed by atoms with van der Waals surface area (Å²) in [5.74, 6) is 3.96. The fourth-order valence-electron chi connectivity index (χ4n) is 2.99. The van der Waals surface area contributed by atoms with Crippen LogP contribution >= 0.6 is 0 Å². The van der Waals surface area contributed by atoms with Gasteiger partial charge in [-0.2, -0.15) is 5.75 Å². The van der Waals surface area contributed by atoms with E-state index in [-0.39, 0.29) is 0 Å². The molecule has 0 radical (unpaired) electrons. The number of hydrogen-bond acceptors (Lipinski definition) is 1. The highest BCUT2D eigenvalue weighted by Gasteiger charge is 2.29. The standard InChI is InChI=1S/C12H20S/c13-8-7-10-5-6-11-3-1-2-4-12(11)9-10/h1-2,10-13H,3-9H2/p-1. The molecular formula is C12H19S-. The Balaban J connectivity index is 1.88. The lowest BCUT2D eigenvalue weighted by molar-refractivity contribution is 0.173. The lowest BCUT2D eigenvalue weighted by atomic mass is 9.69. The van der Waals surface area contributed by atoms with Crippen molar-refractivity contribution < 1.29 is 0 Å². The maximum atomic E-state index is 5.07. The number of hydrogen-bond donors (Lipinski definition) is 0. The largest absolute Gasteiger partial charge is 0.793 e. The highest BCUT2D eigenvalue weighted by atomic mass is 32.1. The number of fused-ring (bicyclic) bond motifs is 1. The van der Waals surface area contributed by atoms with E-state index in [0.717, 1.165) is 23.5 Å². The zero-order valence-electron chi connectivity index (χ0n) is 8.24. The fraction of sp³-hybridized carbons (Fsp3) is 0.833. The highest BCUT2D eigenvalue weighted by molar-refractivity contribution is 7.58. The van der Waals surface area contributed by atoms with Gasteiger partial charge in [-0.25, -0.2) is 0 Å². The molecule has 0 spiro atoms. The molecule has 0 bridgehead atoms. The second-order valence-corrected chi connectivity index (χ2v) is 5.04. The molecule has 74 valence electrons. The van der Waals surface area contributed by atoms with Crippen molar-refractivity contribution in [2.75, 3.05) is 5.75 Å². The van der Waals surface area contributed by atoms with Crippen LogP contribution in [0.2, 0.25) is 0 Å². The van der Waals surface area contributed by atoms with Gasteiger partial charge in [-0.05, 0) is 43.4 Å². The van der Waals surface area contributed by atoms with E-state index in [4.69, 9.17) is 12.6 Å². The van der Waals surface area contributed by atoms with Gasteiger partial charge in [-0.1, -0.05) is 25.0 Å². The minimum atomic E-state index is 0.963. The Morgan fingerprint density at radius 2 is 1.85 bits per heavy atom. The van der Waals surface area contributed by atoms with Gasteiger partial charge < -0.3 is 12.6 Å². The van der Waals surface area contributed by atoms with Crippen LogP contribution in [-0.4, -0.2) is 5.75 Å². The van der Waals surface area contributed by atoms with Crippen LogP contribution in [-0.2, 0) is 12.6 Å². The van der Waals surface area contributed by atoms with Crippen LogP contribution in [0.1, 0.15) is 38.5 Å². The summed E-state index contributed by atoms with van der Waals surface area (Å²) < 4.78 is 0. The molecule has 1 saturated carbocycles. The van der Waals surface area contributed by atoms with Crippen molar-refractivity contribution in [2.45, 2.75) is 38.5 Å². The van der Waals surface area contributed by atoms with E-state index < -0.39 is 0 Å². The van der Waals surface area contributed by atoms with Crippen molar-refractivity contribution in [3.63, 3.8) is 0 Å². The van der Waals surface area contributed by atoms with Crippen LogP contribution in [0.15, 0.2) is 12.2 Å². The maximum absolute atomic E-state index is 5.07. The van der Waals surface area contributed by atoms with E-state index in [1.165, 1.54) is 38.5 Å². The molecule has 2 aliphatic carbocycles. The maximum Gasteiger partial charge on any atom is -0.0319 e. The second-order valence-electron chi connectivity index (χ2n) is 4.63. The number of rotatable bonds is 2. The summed E-state index contributed by atoms with van der Waals surface area (Å²) in [7, 11) is 0. The molecule has 1 heteroatoms. The molecule has 0 aromatic carbocycles. The summed E-state index contributed by atoms with van der Waals surface area (Å²) in [6.45, 7) is 0. The molecule has 3 unspecified atom stereocenters. The quantitative estimate of drug-likeness (QED) is 0.481. The summed E-state index contributed by atoms with van der Waals surface area (Å²) in [5.41, 5.74) is 0. The average Bonchev–Trinajstić information content (AvgIpc) is 2.18. The SMILES string of the molecule is [S-]CCC1CCC2CC=CCC2C1. The predicted molar refractivity (Wildman–Crippen MR) is 59.5 cm³/mol. The van der Waals surface area contributed by atoms with Crippen LogP contribution in [0.25, 0.3) is 0 Å². The first-order valence-electron chi connectivity index (χ1n) is 5.63. The lowest BCUT2D eigenvalue weighted by Crippen LogP contribution is -2.26. The van der Waals surface area contributed by atoms with Crippen LogP contribution in [0.3, 0.4) is 0 Å². The van der Waals surface area contributed by atoms with E-state index in [1.54, 1.807) is 0 Å². The van der Waals surface area contributed by atoms with Crippen molar-refractivity contribution in [3.05, 3.63) is 12.2 Å². The third-order valence-corrected chi connectivity index (χ3v) is 4.05. The Hall–Kier alpha value is 0.0900. The van der Waals surface area contributed by atoms with Crippen molar-refractivity contribution >= 4 is 12.6 Å². The Kier molecular flexibility index (Phi) is 3.37. The third-order valence-electron chi connectivity index (χ3n) is 3.82. The first-order chi connectivity index (χ1) is 6.40. The van der Waals surface area contributed by atoms with Crippen LogP contribution in [0.5, 0.6) is 0 Å². The smallest absolute Gasteiger partial charge is 0.0319 e. The van der Waals surface area contributed by atoms with Gasteiger partial charge in [-0.15, -0.1) is 0 Å². The van der Waals surface area contributed by atoms with Crippen LogP contribution in [0.4, 0.5) is 0 Å². The molecule has 0 heterocycles. The Labute approximate surface area is 87.2 Å². The van der Waals surface area contributed by atoms with Crippen molar-refractivity contribution in [3.8, 4) is 0 Å². The van der Waals surface area contributed by atoms with Gasteiger partial charge in [-0.3, -0.25) is 0 Å². The monoisotopic (exact) mass is 195 g/mol. The summed E-state index contributed by atoms with van der Waals surface area (Å²) in [5, 5.41) is 0. The molecule has 3 atom stereocenters. The van der Waals surface area contributed by atoms with E-state index in [2.05, 4.69) is 12.2 Å². The van der Waals surface area contributed by atoms with Gasteiger partial charge in [0.25, 0.3) is 0 Å². The molecule has 0 N–H and O–H groups in total. The Morgan fingerprint density at radius 3 is 2.62 bits per heavy atom. The molecule has 0 aliphatic heterocycles. The molecule has 2 aliphatic rings. The van der Waals surface area contributed by atoms with Crippen molar-refractivity contribution in [2.24, 2.45) is 17.8 Å². The first kappa shape index (κ1) is 9.64. The van der Waals surface area contributed by atoms with Crippen LogP contribution in [0, 0.1) is 17.8 Å². The summed E-state index contributed by atoms with van der Waals surface area (Å²) >= 11 is 5.07. The number of allylic oxidation sites excluding steroid dienone is 2. The third kappa shape index (κ3) is 2.31. The molecular weight excluding hydrogens is 176 g/mol. The van der Waals surface area contributed by atoms with Gasteiger partial charge in [0, 0.05) is 0 Å². The first-order valence-corrected chi connectivity index (χ1v) is 6.21. The van der Waals surface area contributed by atoms with Crippen molar-refractivity contribution in [1.29, 1.82) is 0 Å². The molecule has 0 nitrogen and oxygen atoms in total. The average molecular weight is 195 g/mol. The van der Waals surface area contributed by atoms with Gasteiger partial charge in [0.05, 0.1) is 0 Å². The predicted octanol–water partition coefficient (Wildman–Crippen LogP) is 3.31. The lowest BCUT2D eigenvalue weighted by Gasteiger charge is -2.37. The molecule has 13 heavy (non-hydrogen) atoms. The van der Waals surface area contributed by atoms with E-state index >= 15 is 0 Å². The molecule has 0 aromatic rings. The van der Waals surface area contributed by atoms with Gasteiger partial charge >= 0.3 is 0 Å². The van der Waals surface area contributed by atoms with Gasteiger partial charge in [0.1, 0.15) is 0 Å². The minimum absolute atomic E-state index is 0.963. The normalized spacial score (nSPS) is 38.7. The van der Waals surface area contributed by atoms with Crippen LogP contribution < -0.4 is 0 Å². The molecule has 2 rings (SSSR count). The summed E-state index contributed by atoms with van der Waals surface area (Å²) in [6, 6.07) is 0. The van der Waals surface area contributed by atoms with Crippen molar-refractivity contribution in [1.82, 2.24) is 0 Å². The minimum Gasteiger partial charge on any atom is -0.793 e. The molecule has 0 aromatic heterocycles. The molecule has 0 amide bonds. The molecule has 0 saturated heterocycles. The zero-order valence-corrected chi connectivity index (χ0v) is 9.06. The fourth-order valence-corrected chi connectivity index (χ4v) is 3.33. The zero-order chi connectivity index (χ0) is 9.10. The van der Waals surface area contributed by atoms with Gasteiger partial charge in [0.2, 0.25) is 0 Å². The molecule has 1 fully saturated rings. The summed E-state index contributed by atoms with van der Waals surface area (Å²) in [4.78, 5) is 0. The second kappa shape index (κ2) is 4.54. The van der Waals surface area contributed by atoms with E-state index in [1.807, 2.05) is 0 Å². The Morgan fingerprint density at radius 1 is 1.08 bits per heavy atom.